The van der Waals surface area contributed by atoms with E-state index in [0.717, 1.165) is 12.8 Å². The van der Waals surface area contributed by atoms with Crippen LogP contribution in [0.2, 0.25) is 0 Å². The number of hydrogen-bond acceptors (Lipinski definition) is 3. The molecule has 0 radical (unpaired) electrons. The van der Waals surface area contributed by atoms with Crippen molar-refractivity contribution in [1.82, 2.24) is 10.2 Å². The predicted octanol–water partition coefficient (Wildman–Crippen LogP) is 0.291. The summed E-state index contributed by atoms with van der Waals surface area (Å²) in [6, 6.07) is 0.147. The molecule has 0 bridgehead atoms. The van der Waals surface area contributed by atoms with Gasteiger partial charge in [0.05, 0.1) is 6.04 Å². The van der Waals surface area contributed by atoms with Crippen LogP contribution in [0.25, 0.3) is 0 Å². The fourth-order valence-corrected chi connectivity index (χ4v) is 2.41. The zero-order chi connectivity index (χ0) is 12.4. The first-order valence-corrected chi connectivity index (χ1v) is 6.29. The van der Waals surface area contributed by atoms with Crippen LogP contribution in [0, 0.1) is 0 Å². The Morgan fingerprint density at radius 2 is 2.29 bits per heavy atom. The molecular weight excluding hydrogens is 220 g/mol. The molecule has 0 aliphatic carbocycles. The van der Waals surface area contributed by atoms with Crippen molar-refractivity contribution in [2.24, 2.45) is 0 Å². The maximum atomic E-state index is 11.8. The third-order valence-corrected chi connectivity index (χ3v) is 3.35. The van der Waals surface area contributed by atoms with Gasteiger partial charge in [0.15, 0.2) is 0 Å². The van der Waals surface area contributed by atoms with Gasteiger partial charge in [-0.25, -0.2) is 0 Å². The fourth-order valence-electron chi connectivity index (χ4n) is 2.41. The summed E-state index contributed by atoms with van der Waals surface area (Å²) < 4.78 is 5.32. The van der Waals surface area contributed by atoms with Crippen molar-refractivity contribution >= 4 is 11.8 Å². The Kier molecular flexibility index (Phi) is 3.66. The summed E-state index contributed by atoms with van der Waals surface area (Å²) in [6.45, 7) is 5.26. The van der Waals surface area contributed by atoms with Crippen LogP contribution in [0.4, 0.5) is 0 Å². The molecule has 2 amide bonds. The van der Waals surface area contributed by atoms with Crippen molar-refractivity contribution in [2.45, 2.75) is 51.3 Å². The van der Waals surface area contributed by atoms with Crippen LogP contribution in [0.15, 0.2) is 0 Å². The number of nitrogens with one attached hydrogen (secondary N) is 1. The van der Waals surface area contributed by atoms with Crippen LogP contribution in [-0.4, -0.2) is 48.1 Å². The summed E-state index contributed by atoms with van der Waals surface area (Å²) in [5, 5.41) is 2.91. The van der Waals surface area contributed by atoms with E-state index < -0.39 is 0 Å². The number of nitrogens with zero attached hydrogens (tertiary/aromatic N) is 1. The van der Waals surface area contributed by atoms with E-state index in [0.29, 0.717) is 19.6 Å². The van der Waals surface area contributed by atoms with E-state index in [9.17, 15) is 9.59 Å². The maximum Gasteiger partial charge on any atom is 0.249 e. The molecule has 0 saturated carbocycles. The number of likely N-dealkylation sites (tertiary alicyclic amines) is 1. The summed E-state index contributed by atoms with van der Waals surface area (Å²) in [7, 11) is 0. The van der Waals surface area contributed by atoms with Crippen LogP contribution in [-0.2, 0) is 14.3 Å². The maximum absolute atomic E-state index is 11.8. The minimum atomic E-state index is -0.307. The van der Waals surface area contributed by atoms with Crippen molar-refractivity contribution in [2.75, 3.05) is 13.2 Å². The van der Waals surface area contributed by atoms with Crippen molar-refractivity contribution in [3.05, 3.63) is 0 Å². The lowest BCUT2D eigenvalue weighted by molar-refractivity contribution is -0.130. The van der Waals surface area contributed by atoms with E-state index in [1.807, 2.05) is 13.8 Å². The first-order valence-electron chi connectivity index (χ1n) is 6.29. The Morgan fingerprint density at radius 3 is 2.82 bits per heavy atom. The van der Waals surface area contributed by atoms with Gasteiger partial charge in [-0.1, -0.05) is 0 Å². The molecule has 2 heterocycles. The molecule has 96 valence electrons. The van der Waals surface area contributed by atoms with Gasteiger partial charge in [0.25, 0.3) is 0 Å². The second kappa shape index (κ2) is 5.04. The van der Waals surface area contributed by atoms with Crippen molar-refractivity contribution < 1.29 is 14.3 Å². The molecule has 2 atom stereocenters. The Hall–Kier alpha value is -1.10. The van der Waals surface area contributed by atoms with Crippen LogP contribution in [0.3, 0.4) is 0 Å². The van der Waals surface area contributed by atoms with Gasteiger partial charge in [-0.15, -0.1) is 0 Å². The first kappa shape index (κ1) is 12.4. The molecule has 2 unspecified atom stereocenters. The molecular formula is C12H20N2O3. The highest BCUT2D eigenvalue weighted by molar-refractivity contribution is 5.84. The molecule has 0 aromatic heterocycles. The topological polar surface area (TPSA) is 58.6 Å². The second-order valence-electron chi connectivity index (χ2n) is 5.05. The SMILES string of the molecule is CC(C)N1CC(NC(=O)C2CCCO2)CC1=O. The van der Waals surface area contributed by atoms with Crippen LogP contribution in [0.5, 0.6) is 0 Å². The van der Waals surface area contributed by atoms with E-state index in [1.165, 1.54) is 0 Å². The average Bonchev–Trinajstić information content (AvgIpc) is 2.86. The van der Waals surface area contributed by atoms with Gasteiger partial charge in [-0.3, -0.25) is 9.59 Å². The van der Waals surface area contributed by atoms with E-state index in [-0.39, 0.29) is 30.0 Å². The number of amides is 2. The molecule has 2 aliphatic heterocycles. The molecule has 0 spiro atoms. The lowest BCUT2D eigenvalue weighted by Gasteiger charge is -2.21. The highest BCUT2D eigenvalue weighted by atomic mass is 16.5. The Balaban J connectivity index is 1.84. The normalized spacial score (nSPS) is 29.1. The van der Waals surface area contributed by atoms with Gasteiger partial charge in [0, 0.05) is 25.6 Å². The second-order valence-corrected chi connectivity index (χ2v) is 5.05. The summed E-state index contributed by atoms with van der Waals surface area (Å²) in [6.07, 6.45) is 1.84. The van der Waals surface area contributed by atoms with Gasteiger partial charge < -0.3 is 15.0 Å². The van der Waals surface area contributed by atoms with Crippen LogP contribution < -0.4 is 5.32 Å². The molecule has 2 aliphatic rings. The summed E-state index contributed by atoms with van der Waals surface area (Å²) >= 11 is 0. The smallest absolute Gasteiger partial charge is 0.249 e. The zero-order valence-corrected chi connectivity index (χ0v) is 10.4. The van der Waals surface area contributed by atoms with Crippen LogP contribution >= 0.6 is 0 Å². The summed E-state index contributed by atoms with van der Waals surface area (Å²) in [5.41, 5.74) is 0. The van der Waals surface area contributed by atoms with Crippen molar-refractivity contribution in [3.63, 3.8) is 0 Å². The van der Waals surface area contributed by atoms with E-state index in [2.05, 4.69) is 5.32 Å². The molecule has 5 nitrogen and oxygen atoms in total. The third kappa shape index (κ3) is 2.77. The standard InChI is InChI=1S/C12H20N2O3/c1-8(2)14-7-9(6-11(14)15)13-12(16)10-4-3-5-17-10/h8-10H,3-7H2,1-2H3,(H,13,16). The molecule has 5 heteroatoms. The van der Waals surface area contributed by atoms with E-state index >= 15 is 0 Å². The Bertz CT molecular complexity index is 311. The minimum Gasteiger partial charge on any atom is -0.368 e. The van der Waals surface area contributed by atoms with Gasteiger partial charge >= 0.3 is 0 Å². The number of carbonyl (C=O) groups is 2. The predicted molar refractivity (Wildman–Crippen MR) is 62.4 cm³/mol. The first-order chi connectivity index (χ1) is 8.08. The van der Waals surface area contributed by atoms with Crippen LogP contribution in [0.1, 0.15) is 33.1 Å². The molecule has 0 aromatic rings. The molecule has 1 N–H and O–H groups in total. The molecule has 2 fully saturated rings. The lowest BCUT2D eigenvalue weighted by atomic mass is 10.2. The number of carbonyl (C=O) groups excluding carboxylic acids is 2. The molecule has 17 heavy (non-hydrogen) atoms. The summed E-state index contributed by atoms with van der Waals surface area (Å²) in [5.74, 6) is 0.0588. The Labute approximate surface area is 101 Å². The molecule has 2 rings (SSSR count). The third-order valence-electron chi connectivity index (χ3n) is 3.35. The van der Waals surface area contributed by atoms with Crippen molar-refractivity contribution in [1.29, 1.82) is 0 Å². The molecule has 0 aromatic carbocycles. The minimum absolute atomic E-state index is 0.0541. The highest BCUT2D eigenvalue weighted by Gasteiger charge is 2.34. The van der Waals surface area contributed by atoms with Crippen molar-refractivity contribution in [3.8, 4) is 0 Å². The Morgan fingerprint density at radius 1 is 1.53 bits per heavy atom. The number of rotatable bonds is 3. The summed E-state index contributed by atoms with van der Waals surface area (Å²) in [4.78, 5) is 25.3. The fraction of sp³-hybridized carbons (Fsp3) is 0.833. The number of ether oxygens (including phenoxy) is 1. The highest BCUT2D eigenvalue weighted by Crippen LogP contribution is 2.16. The quantitative estimate of drug-likeness (QED) is 0.771. The largest absolute Gasteiger partial charge is 0.368 e. The lowest BCUT2D eigenvalue weighted by Crippen LogP contribution is -2.43. The monoisotopic (exact) mass is 240 g/mol. The number of hydrogen-bond donors (Lipinski definition) is 1. The van der Waals surface area contributed by atoms with Gasteiger partial charge in [0.1, 0.15) is 6.10 Å². The van der Waals surface area contributed by atoms with E-state index in [4.69, 9.17) is 4.74 Å². The average molecular weight is 240 g/mol. The zero-order valence-electron chi connectivity index (χ0n) is 10.4. The van der Waals surface area contributed by atoms with Gasteiger partial charge in [-0.2, -0.15) is 0 Å². The van der Waals surface area contributed by atoms with Gasteiger partial charge in [-0.05, 0) is 26.7 Å². The van der Waals surface area contributed by atoms with E-state index in [1.54, 1.807) is 4.90 Å². The molecule has 2 saturated heterocycles. The van der Waals surface area contributed by atoms with Gasteiger partial charge in [0.2, 0.25) is 11.8 Å².